The fraction of sp³-hybridized carbons (Fsp3) is 0.250. The number of methoxy groups -OCH3 is 1. The van der Waals surface area contributed by atoms with Crippen LogP contribution in [0, 0.1) is 0 Å². The molecule has 0 spiro atoms. The molecule has 0 saturated heterocycles. The number of pyridine rings is 2. The van der Waals surface area contributed by atoms with Crippen LogP contribution >= 0.6 is 0 Å². The van der Waals surface area contributed by atoms with Gasteiger partial charge in [0.05, 0.1) is 41.5 Å². The molecule has 5 rings (SSSR count). The summed E-state index contributed by atoms with van der Waals surface area (Å²) >= 11 is 0. The number of rotatable bonds is 1. The third kappa shape index (κ3) is 2.12. The van der Waals surface area contributed by atoms with Crippen molar-refractivity contribution in [2.45, 2.75) is 25.7 Å². The van der Waals surface area contributed by atoms with Gasteiger partial charge < -0.3 is 14.0 Å². The summed E-state index contributed by atoms with van der Waals surface area (Å²) in [6, 6.07) is 11.9. The molecule has 0 N–H and O–H groups in total. The number of aromatic nitrogens is 2. The Balaban J connectivity index is 1.76. The van der Waals surface area contributed by atoms with Crippen LogP contribution in [-0.4, -0.2) is 22.6 Å². The molecule has 3 aromatic rings. The lowest BCUT2D eigenvalue weighted by atomic mass is 10.0. The number of hydrogen-bond acceptors (Lipinski definition) is 5. The molecule has 1 unspecified atom stereocenters. The van der Waals surface area contributed by atoms with Crippen LogP contribution in [0.2, 0.25) is 0 Å². The van der Waals surface area contributed by atoms with E-state index in [0.717, 1.165) is 33.4 Å². The Bertz CT molecular complexity index is 1130. The Labute approximate surface area is 149 Å². The van der Waals surface area contributed by atoms with E-state index in [2.05, 4.69) is 6.07 Å². The minimum atomic E-state index is -0.483. The molecule has 0 saturated carbocycles. The number of nitrogens with zero attached hydrogens (tertiary/aromatic N) is 2. The summed E-state index contributed by atoms with van der Waals surface area (Å²) in [6.45, 7) is 0.457. The van der Waals surface area contributed by atoms with Crippen molar-refractivity contribution < 1.29 is 14.3 Å². The number of carbonyl (C=O) groups is 1. The number of hydrogen-bond donors (Lipinski definition) is 0. The van der Waals surface area contributed by atoms with Crippen molar-refractivity contribution in [1.82, 2.24) is 9.55 Å². The fourth-order valence-electron chi connectivity index (χ4n) is 3.85. The number of esters is 1. The summed E-state index contributed by atoms with van der Waals surface area (Å²) in [4.78, 5) is 29.7. The van der Waals surface area contributed by atoms with Crippen LogP contribution in [0.1, 0.15) is 29.2 Å². The lowest BCUT2D eigenvalue weighted by molar-refractivity contribution is -0.146. The van der Waals surface area contributed by atoms with Gasteiger partial charge in [-0.25, -0.2) is 4.98 Å². The van der Waals surface area contributed by atoms with Crippen molar-refractivity contribution in [1.29, 1.82) is 0 Å². The molecule has 6 heteroatoms. The first kappa shape index (κ1) is 15.3. The van der Waals surface area contributed by atoms with Gasteiger partial charge in [-0.1, -0.05) is 18.2 Å². The highest BCUT2D eigenvalue weighted by atomic mass is 16.5. The summed E-state index contributed by atoms with van der Waals surface area (Å²) in [5, 5.41) is 1.05. The molecule has 0 bridgehead atoms. The van der Waals surface area contributed by atoms with Crippen molar-refractivity contribution in [3.63, 3.8) is 0 Å². The zero-order valence-electron chi connectivity index (χ0n) is 14.2. The Morgan fingerprint density at radius 2 is 2.08 bits per heavy atom. The number of para-hydroxylation sites is 1. The highest BCUT2D eigenvalue weighted by Crippen LogP contribution is 2.35. The average molecular weight is 348 g/mol. The largest absolute Gasteiger partial charge is 0.460 e. The second kappa shape index (κ2) is 5.51. The van der Waals surface area contributed by atoms with E-state index in [1.54, 1.807) is 4.57 Å². The maximum atomic E-state index is 13.1. The van der Waals surface area contributed by atoms with E-state index >= 15 is 0 Å². The molecule has 26 heavy (non-hydrogen) atoms. The maximum Gasteiger partial charge on any atom is 0.309 e. The summed E-state index contributed by atoms with van der Waals surface area (Å²) in [6.07, 6.45) is -0.382. The number of cyclic esters (lactones) is 1. The zero-order valence-corrected chi connectivity index (χ0v) is 14.2. The number of benzene rings is 1. The van der Waals surface area contributed by atoms with Crippen molar-refractivity contribution in [3.8, 4) is 11.4 Å². The minimum absolute atomic E-state index is 0.0150. The van der Waals surface area contributed by atoms with Crippen LogP contribution in [0.4, 0.5) is 0 Å². The van der Waals surface area contributed by atoms with E-state index in [4.69, 9.17) is 14.5 Å². The molecular formula is C20H16N2O4. The average Bonchev–Trinajstić information content (AvgIpc) is 2.91. The van der Waals surface area contributed by atoms with Crippen molar-refractivity contribution in [2.24, 2.45) is 0 Å². The molecule has 1 aromatic carbocycles. The van der Waals surface area contributed by atoms with Gasteiger partial charge in [0.2, 0.25) is 0 Å². The molecule has 1 atom stereocenters. The molecule has 0 amide bonds. The van der Waals surface area contributed by atoms with Crippen molar-refractivity contribution in [2.75, 3.05) is 7.11 Å². The quantitative estimate of drug-likeness (QED) is 0.495. The predicted molar refractivity (Wildman–Crippen MR) is 94.7 cm³/mol. The van der Waals surface area contributed by atoms with Crippen molar-refractivity contribution >= 4 is 16.9 Å². The van der Waals surface area contributed by atoms with Crippen LogP contribution in [0.3, 0.4) is 0 Å². The maximum absolute atomic E-state index is 13.1. The first-order valence-corrected chi connectivity index (χ1v) is 8.50. The molecule has 2 aliphatic heterocycles. The second-order valence-corrected chi connectivity index (χ2v) is 6.63. The Morgan fingerprint density at radius 3 is 2.92 bits per heavy atom. The first-order chi connectivity index (χ1) is 12.7. The molecule has 6 nitrogen and oxygen atoms in total. The van der Waals surface area contributed by atoms with Gasteiger partial charge in [-0.05, 0) is 23.8 Å². The Kier molecular flexibility index (Phi) is 3.24. The lowest BCUT2D eigenvalue weighted by Gasteiger charge is -2.16. The summed E-state index contributed by atoms with van der Waals surface area (Å²) in [5.41, 5.74) is 4.56. The van der Waals surface area contributed by atoms with Crippen molar-refractivity contribution in [3.05, 3.63) is 63.4 Å². The van der Waals surface area contributed by atoms with Gasteiger partial charge in [-0.2, -0.15) is 0 Å². The predicted octanol–water partition coefficient (Wildman–Crippen LogP) is 2.56. The van der Waals surface area contributed by atoms with Gasteiger partial charge in [0.25, 0.3) is 5.56 Å². The lowest BCUT2D eigenvalue weighted by Crippen LogP contribution is -2.25. The van der Waals surface area contributed by atoms with E-state index in [-0.39, 0.29) is 24.6 Å². The van der Waals surface area contributed by atoms with Gasteiger partial charge in [0.1, 0.15) is 6.61 Å². The molecular weight excluding hydrogens is 332 g/mol. The van der Waals surface area contributed by atoms with E-state index in [1.165, 1.54) is 7.11 Å². The van der Waals surface area contributed by atoms with Crippen LogP contribution in [0.25, 0.3) is 22.3 Å². The van der Waals surface area contributed by atoms with E-state index in [0.29, 0.717) is 12.1 Å². The number of fused-ring (bicyclic) bond motifs is 5. The second-order valence-electron chi connectivity index (χ2n) is 6.63. The van der Waals surface area contributed by atoms with Gasteiger partial charge in [0, 0.05) is 18.1 Å². The Hall–Kier alpha value is -2.99. The molecule has 0 aliphatic carbocycles. The SMILES string of the molecule is COC1CC(=O)OCc2c1cc1n(c2=O)Cc2cc3ccccc3nc2-1. The van der Waals surface area contributed by atoms with Gasteiger partial charge >= 0.3 is 5.97 Å². The normalized spacial score (nSPS) is 18.0. The molecule has 0 radical (unpaired) electrons. The molecule has 2 aliphatic rings. The van der Waals surface area contributed by atoms with E-state index < -0.39 is 6.10 Å². The monoisotopic (exact) mass is 348 g/mol. The third-order valence-electron chi connectivity index (χ3n) is 5.17. The molecule has 130 valence electrons. The first-order valence-electron chi connectivity index (χ1n) is 8.50. The highest BCUT2D eigenvalue weighted by molar-refractivity contribution is 5.84. The van der Waals surface area contributed by atoms with Gasteiger partial charge in [0.15, 0.2) is 0 Å². The van der Waals surface area contributed by atoms with Crippen LogP contribution in [-0.2, 0) is 27.4 Å². The van der Waals surface area contributed by atoms with E-state index in [1.807, 2.05) is 30.3 Å². The minimum Gasteiger partial charge on any atom is -0.460 e. The van der Waals surface area contributed by atoms with E-state index in [9.17, 15) is 9.59 Å². The number of carbonyl (C=O) groups excluding carboxylic acids is 1. The number of ether oxygens (including phenoxy) is 2. The summed E-state index contributed by atoms with van der Waals surface area (Å²) < 4.78 is 12.4. The van der Waals surface area contributed by atoms with Gasteiger partial charge in [-0.15, -0.1) is 0 Å². The summed E-state index contributed by atoms with van der Waals surface area (Å²) in [5.74, 6) is -0.359. The topological polar surface area (TPSA) is 70.4 Å². The highest BCUT2D eigenvalue weighted by Gasteiger charge is 2.31. The smallest absolute Gasteiger partial charge is 0.309 e. The van der Waals surface area contributed by atoms with Crippen LogP contribution < -0.4 is 5.56 Å². The third-order valence-corrected chi connectivity index (χ3v) is 5.17. The molecule has 0 fully saturated rings. The summed E-state index contributed by atoms with van der Waals surface area (Å²) in [7, 11) is 1.54. The van der Waals surface area contributed by atoms with Gasteiger partial charge in [-0.3, -0.25) is 9.59 Å². The van der Waals surface area contributed by atoms with Crippen LogP contribution in [0.5, 0.6) is 0 Å². The van der Waals surface area contributed by atoms with Crippen LogP contribution in [0.15, 0.2) is 41.2 Å². The molecule has 2 aromatic heterocycles. The zero-order chi connectivity index (χ0) is 17.8. The fourth-order valence-corrected chi connectivity index (χ4v) is 3.85. The standard InChI is InChI=1S/C20H16N2O4/c1-25-17-8-18(23)26-10-14-13(17)7-16-19-12(9-22(16)20(14)24)6-11-4-2-3-5-15(11)21-19/h2-7,17H,8-10H2,1H3. The molecule has 4 heterocycles. The Morgan fingerprint density at radius 1 is 1.23 bits per heavy atom.